The average molecular weight is 254 g/mol. The van der Waals surface area contributed by atoms with Gasteiger partial charge in [-0.05, 0) is 54.0 Å². The van der Waals surface area contributed by atoms with Gasteiger partial charge in [0.2, 0.25) is 0 Å². The van der Waals surface area contributed by atoms with Crippen molar-refractivity contribution in [2.75, 3.05) is 6.54 Å². The van der Waals surface area contributed by atoms with Crippen molar-refractivity contribution in [3.63, 3.8) is 0 Å². The zero-order valence-electron chi connectivity index (χ0n) is 10.4. The Hall–Kier alpha value is -0.730. The molecule has 2 aliphatic rings. The maximum absolute atomic E-state index is 9.67. The van der Waals surface area contributed by atoms with Crippen LogP contribution in [-0.4, -0.2) is 17.7 Å². The Morgan fingerprint density at radius 2 is 2.18 bits per heavy atom. The normalized spacial score (nSPS) is 34.7. The van der Waals surface area contributed by atoms with Crippen molar-refractivity contribution >= 4 is 12.4 Å². The Morgan fingerprint density at radius 3 is 2.94 bits per heavy atom. The zero-order valence-corrected chi connectivity index (χ0v) is 11.2. The minimum atomic E-state index is 0. The van der Waals surface area contributed by atoms with Gasteiger partial charge in [-0.1, -0.05) is 19.9 Å². The highest BCUT2D eigenvalue weighted by atomic mass is 35.5. The van der Waals surface area contributed by atoms with Crippen LogP contribution in [0.15, 0.2) is 18.2 Å². The number of hydrogen-bond donors (Lipinski definition) is 2. The van der Waals surface area contributed by atoms with Gasteiger partial charge in [0.05, 0.1) is 0 Å². The number of aromatic hydroxyl groups is 1. The third kappa shape index (κ3) is 1.74. The summed E-state index contributed by atoms with van der Waals surface area (Å²) in [6.45, 7) is 5.79. The predicted molar refractivity (Wildman–Crippen MR) is 72.0 cm³/mol. The molecule has 1 aliphatic carbocycles. The highest BCUT2D eigenvalue weighted by molar-refractivity contribution is 5.85. The molecule has 2 bridgehead atoms. The van der Waals surface area contributed by atoms with Crippen LogP contribution in [0.3, 0.4) is 0 Å². The maximum Gasteiger partial charge on any atom is 0.115 e. The monoisotopic (exact) mass is 253 g/mol. The van der Waals surface area contributed by atoms with Gasteiger partial charge in [0.15, 0.2) is 0 Å². The molecule has 2 nitrogen and oxygen atoms in total. The van der Waals surface area contributed by atoms with Crippen molar-refractivity contribution in [3.05, 3.63) is 29.3 Å². The number of halogens is 1. The van der Waals surface area contributed by atoms with Crippen LogP contribution in [0, 0.1) is 5.92 Å². The molecule has 94 valence electrons. The van der Waals surface area contributed by atoms with E-state index in [-0.39, 0.29) is 17.8 Å². The summed E-state index contributed by atoms with van der Waals surface area (Å²) in [6.07, 6.45) is 2.27. The summed E-state index contributed by atoms with van der Waals surface area (Å²) in [6, 6.07) is 6.49. The highest BCUT2D eigenvalue weighted by Gasteiger charge is 2.45. The lowest BCUT2D eigenvalue weighted by atomic mass is 9.59. The van der Waals surface area contributed by atoms with Crippen LogP contribution >= 0.6 is 12.4 Å². The molecule has 1 aromatic carbocycles. The second-order valence-electron chi connectivity index (χ2n) is 5.56. The van der Waals surface area contributed by atoms with Gasteiger partial charge in [0.1, 0.15) is 5.75 Å². The Labute approximate surface area is 109 Å². The molecule has 0 aromatic heterocycles. The minimum absolute atomic E-state index is 0. The van der Waals surface area contributed by atoms with Gasteiger partial charge in [-0.2, -0.15) is 0 Å². The Kier molecular flexibility index (Phi) is 3.13. The summed E-state index contributed by atoms with van der Waals surface area (Å²) in [7, 11) is 0. The fourth-order valence-electron chi connectivity index (χ4n) is 3.51. The number of fused-ring (bicyclic) bond motifs is 4. The lowest BCUT2D eigenvalue weighted by Gasteiger charge is -2.50. The van der Waals surface area contributed by atoms with Crippen LogP contribution in [0.4, 0.5) is 0 Å². The molecule has 0 saturated carbocycles. The number of benzene rings is 1. The summed E-state index contributed by atoms with van der Waals surface area (Å²) in [4.78, 5) is 0. The Balaban J connectivity index is 0.00000108. The molecule has 1 unspecified atom stereocenters. The molecule has 1 fully saturated rings. The van der Waals surface area contributed by atoms with Crippen LogP contribution in [0.1, 0.15) is 31.4 Å². The summed E-state index contributed by atoms with van der Waals surface area (Å²) >= 11 is 0. The average Bonchev–Trinajstić information content (AvgIpc) is 2.25. The molecule has 17 heavy (non-hydrogen) atoms. The molecule has 3 heteroatoms. The van der Waals surface area contributed by atoms with Gasteiger partial charge in [-0.15, -0.1) is 12.4 Å². The van der Waals surface area contributed by atoms with E-state index in [0.717, 1.165) is 13.0 Å². The van der Waals surface area contributed by atoms with Crippen LogP contribution < -0.4 is 5.32 Å². The van der Waals surface area contributed by atoms with Gasteiger partial charge < -0.3 is 10.4 Å². The second-order valence-corrected chi connectivity index (χ2v) is 5.56. The maximum atomic E-state index is 9.67. The Morgan fingerprint density at radius 1 is 1.41 bits per heavy atom. The third-order valence-corrected chi connectivity index (χ3v) is 4.81. The van der Waals surface area contributed by atoms with E-state index < -0.39 is 0 Å². The SMILES string of the molecule is CC1[C@@H]2Cc3ccc(O)cc3[C@@]1(C)CCN2.Cl. The lowest BCUT2D eigenvalue weighted by molar-refractivity contribution is 0.158. The van der Waals surface area contributed by atoms with Crippen LogP contribution in [0.25, 0.3) is 0 Å². The standard InChI is InChI=1S/C14H19NO.ClH/c1-9-13-7-10-3-4-11(16)8-12(10)14(9,2)5-6-15-13;/h3-4,8-9,13,15-16H,5-7H2,1-2H3;1H/t9?,13-,14-;/m0./s1. The largest absolute Gasteiger partial charge is 0.508 e. The van der Waals surface area contributed by atoms with E-state index >= 15 is 0 Å². The third-order valence-electron chi connectivity index (χ3n) is 4.81. The summed E-state index contributed by atoms with van der Waals surface area (Å²) in [5.74, 6) is 1.06. The van der Waals surface area contributed by atoms with Gasteiger partial charge in [-0.25, -0.2) is 0 Å². The summed E-state index contributed by atoms with van der Waals surface area (Å²) in [5.41, 5.74) is 3.02. The number of phenolic OH excluding ortho intramolecular Hbond substituents is 1. The molecule has 1 aliphatic heterocycles. The number of rotatable bonds is 0. The van der Waals surface area contributed by atoms with E-state index in [1.165, 1.54) is 17.5 Å². The van der Waals surface area contributed by atoms with Gasteiger partial charge in [-0.3, -0.25) is 0 Å². The molecule has 3 rings (SSSR count). The first-order chi connectivity index (χ1) is 7.61. The minimum Gasteiger partial charge on any atom is -0.508 e. The molecule has 0 amide bonds. The van der Waals surface area contributed by atoms with E-state index in [2.05, 4.69) is 25.2 Å². The number of piperidine rings is 1. The first-order valence-electron chi connectivity index (χ1n) is 6.17. The summed E-state index contributed by atoms with van der Waals surface area (Å²) in [5, 5.41) is 13.3. The lowest BCUT2D eigenvalue weighted by Crippen LogP contribution is -2.56. The van der Waals surface area contributed by atoms with Gasteiger partial charge in [0, 0.05) is 6.04 Å². The topological polar surface area (TPSA) is 32.3 Å². The number of hydrogen-bond acceptors (Lipinski definition) is 2. The molecule has 1 aromatic rings. The van der Waals surface area contributed by atoms with Crippen LogP contribution in [0.5, 0.6) is 5.75 Å². The van der Waals surface area contributed by atoms with Gasteiger partial charge in [0.25, 0.3) is 0 Å². The molecular weight excluding hydrogens is 234 g/mol. The van der Waals surface area contributed by atoms with Crippen molar-refractivity contribution in [2.24, 2.45) is 5.92 Å². The van der Waals surface area contributed by atoms with E-state index in [0.29, 0.717) is 17.7 Å². The quantitative estimate of drug-likeness (QED) is 0.745. The first-order valence-corrected chi connectivity index (χ1v) is 6.17. The smallest absolute Gasteiger partial charge is 0.115 e. The zero-order chi connectivity index (χ0) is 11.3. The van der Waals surface area contributed by atoms with Gasteiger partial charge >= 0.3 is 0 Å². The van der Waals surface area contributed by atoms with Crippen molar-refractivity contribution < 1.29 is 5.11 Å². The Bertz CT molecular complexity index is 434. The molecule has 0 spiro atoms. The first kappa shape index (κ1) is 12.7. The summed E-state index contributed by atoms with van der Waals surface area (Å²) < 4.78 is 0. The van der Waals surface area contributed by atoms with E-state index in [1.807, 2.05) is 12.1 Å². The predicted octanol–water partition coefficient (Wildman–Crippen LogP) is 2.63. The van der Waals surface area contributed by atoms with Crippen molar-refractivity contribution in [3.8, 4) is 5.75 Å². The van der Waals surface area contributed by atoms with E-state index in [9.17, 15) is 5.11 Å². The number of nitrogens with one attached hydrogen (secondary N) is 1. The fourth-order valence-corrected chi connectivity index (χ4v) is 3.51. The van der Waals surface area contributed by atoms with Crippen molar-refractivity contribution in [1.82, 2.24) is 5.32 Å². The second kappa shape index (κ2) is 4.18. The van der Waals surface area contributed by atoms with Crippen molar-refractivity contribution in [1.29, 1.82) is 0 Å². The fraction of sp³-hybridized carbons (Fsp3) is 0.571. The molecule has 1 heterocycles. The van der Waals surface area contributed by atoms with E-state index in [4.69, 9.17) is 0 Å². The molecule has 3 atom stereocenters. The molecule has 2 N–H and O–H groups in total. The molecular formula is C14H20ClNO. The number of phenols is 1. The van der Waals surface area contributed by atoms with Crippen molar-refractivity contribution in [2.45, 2.75) is 38.1 Å². The molecule has 0 radical (unpaired) electrons. The highest BCUT2D eigenvalue weighted by Crippen LogP contribution is 2.46. The van der Waals surface area contributed by atoms with Crippen LogP contribution in [-0.2, 0) is 11.8 Å². The van der Waals surface area contributed by atoms with Crippen LogP contribution in [0.2, 0.25) is 0 Å². The van der Waals surface area contributed by atoms with E-state index in [1.54, 1.807) is 0 Å². The molecule has 1 saturated heterocycles.